The molecule has 1 atom stereocenters. The smallest absolute Gasteiger partial charge is 0.264 e. The highest BCUT2D eigenvalue weighted by molar-refractivity contribution is 7.99. The monoisotopic (exact) mass is 319 g/mol. The minimum absolute atomic E-state index is 0.196. The highest BCUT2D eigenvalue weighted by atomic mass is 32.2. The Morgan fingerprint density at radius 2 is 1.76 bits per heavy atom. The minimum atomic E-state index is -3.49. The van der Waals surface area contributed by atoms with Gasteiger partial charge in [-0.1, -0.05) is 35.9 Å². The van der Waals surface area contributed by atoms with Crippen LogP contribution in [0.5, 0.6) is 0 Å². The molecule has 0 amide bonds. The topological polar surface area (TPSA) is 37.4 Å². The maximum atomic E-state index is 12.9. The summed E-state index contributed by atoms with van der Waals surface area (Å²) in [7, 11) is -3.49. The van der Waals surface area contributed by atoms with Crippen LogP contribution in [-0.2, 0) is 10.0 Å². The molecule has 3 rings (SSSR count). The summed E-state index contributed by atoms with van der Waals surface area (Å²) in [6.07, 6.45) is 2.02. The van der Waals surface area contributed by atoms with Crippen molar-refractivity contribution < 1.29 is 8.42 Å². The third-order valence-electron chi connectivity index (χ3n) is 3.78. The van der Waals surface area contributed by atoms with Gasteiger partial charge in [0.15, 0.2) is 0 Å². The molecule has 0 bridgehead atoms. The standard InChI is InChI=1S/C16H17NO2S2/c1-12-7-9-13(10-8-12)21(18,19)17-11-16(20-2)14-5-3-4-6-15(14)17/h3-10,16H,11H2,1-2H3. The van der Waals surface area contributed by atoms with Gasteiger partial charge in [-0.05, 0) is 36.9 Å². The molecule has 5 heteroatoms. The Morgan fingerprint density at radius 1 is 1.10 bits per heavy atom. The Balaban J connectivity index is 2.07. The van der Waals surface area contributed by atoms with E-state index in [2.05, 4.69) is 0 Å². The first kappa shape index (κ1) is 14.5. The van der Waals surface area contributed by atoms with Gasteiger partial charge in [0.2, 0.25) is 0 Å². The van der Waals surface area contributed by atoms with Crippen molar-refractivity contribution in [1.29, 1.82) is 0 Å². The molecule has 3 nitrogen and oxygen atoms in total. The van der Waals surface area contributed by atoms with Crippen LogP contribution in [0.2, 0.25) is 0 Å². The van der Waals surface area contributed by atoms with E-state index in [1.807, 2.05) is 49.6 Å². The summed E-state index contributed by atoms with van der Waals surface area (Å²) < 4.78 is 27.3. The molecule has 0 saturated heterocycles. The molecule has 2 aromatic rings. The van der Waals surface area contributed by atoms with Crippen LogP contribution in [0.4, 0.5) is 5.69 Å². The van der Waals surface area contributed by atoms with Crippen LogP contribution in [0.3, 0.4) is 0 Å². The molecular formula is C16H17NO2S2. The Kier molecular flexibility index (Phi) is 3.71. The zero-order valence-electron chi connectivity index (χ0n) is 12.0. The van der Waals surface area contributed by atoms with Crippen LogP contribution in [0.15, 0.2) is 53.4 Å². The molecule has 2 aromatic carbocycles. The molecule has 0 fully saturated rings. The van der Waals surface area contributed by atoms with Gasteiger partial charge < -0.3 is 0 Å². The van der Waals surface area contributed by atoms with Gasteiger partial charge in [0, 0.05) is 0 Å². The van der Waals surface area contributed by atoms with Crippen molar-refractivity contribution in [2.24, 2.45) is 0 Å². The van der Waals surface area contributed by atoms with Crippen molar-refractivity contribution in [3.8, 4) is 0 Å². The van der Waals surface area contributed by atoms with Crippen molar-refractivity contribution in [1.82, 2.24) is 0 Å². The lowest BCUT2D eigenvalue weighted by Gasteiger charge is -2.20. The van der Waals surface area contributed by atoms with Crippen molar-refractivity contribution in [2.75, 3.05) is 17.1 Å². The lowest BCUT2D eigenvalue weighted by molar-refractivity contribution is 0.592. The van der Waals surface area contributed by atoms with E-state index in [1.165, 1.54) is 4.31 Å². The highest BCUT2D eigenvalue weighted by Crippen LogP contribution is 2.43. The van der Waals surface area contributed by atoms with Crippen LogP contribution in [0, 0.1) is 6.92 Å². The molecule has 1 aliphatic heterocycles. The van der Waals surface area contributed by atoms with Crippen molar-refractivity contribution >= 4 is 27.5 Å². The molecule has 0 N–H and O–H groups in total. The Bertz CT molecular complexity index is 754. The number of aryl methyl sites for hydroxylation is 1. The number of para-hydroxylation sites is 1. The van der Waals surface area contributed by atoms with Gasteiger partial charge in [0.25, 0.3) is 10.0 Å². The van der Waals surface area contributed by atoms with E-state index in [4.69, 9.17) is 0 Å². The summed E-state index contributed by atoms with van der Waals surface area (Å²) in [6.45, 7) is 2.45. The first-order valence-electron chi connectivity index (χ1n) is 6.75. The van der Waals surface area contributed by atoms with Gasteiger partial charge in [-0.2, -0.15) is 11.8 Å². The van der Waals surface area contributed by atoms with E-state index in [1.54, 1.807) is 23.9 Å². The number of fused-ring (bicyclic) bond motifs is 1. The van der Waals surface area contributed by atoms with E-state index in [0.29, 0.717) is 11.4 Å². The van der Waals surface area contributed by atoms with Crippen molar-refractivity contribution in [3.05, 3.63) is 59.7 Å². The lowest BCUT2D eigenvalue weighted by Crippen LogP contribution is -2.29. The number of anilines is 1. The Hall–Kier alpha value is -1.46. The highest BCUT2D eigenvalue weighted by Gasteiger charge is 2.35. The van der Waals surface area contributed by atoms with Gasteiger partial charge in [-0.3, -0.25) is 4.31 Å². The Morgan fingerprint density at radius 3 is 2.43 bits per heavy atom. The van der Waals surface area contributed by atoms with E-state index in [0.717, 1.165) is 16.8 Å². The van der Waals surface area contributed by atoms with Gasteiger partial charge >= 0.3 is 0 Å². The summed E-state index contributed by atoms with van der Waals surface area (Å²) in [5.74, 6) is 0. The second-order valence-electron chi connectivity index (χ2n) is 5.13. The zero-order chi connectivity index (χ0) is 15.0. The summed E-state index contributed by atoms with van der Waals surface area (Å²) in [4.78, 5) is 0.352. The number of thioether (sulfide) groups is 1. The lowest BCUT2D eigenvalue weighted by atomic mass is 10.2. The average Bonchev–Trinajstić information content (AvgIpc) is 2.87. The van der Waals surface area contributed by atoms with Crippen LogP contribution in [-0.4, -0.2) is 21.2 Å². The fraction of sp³-hybridized carbons (Fsp3) is 0.250. The second-order valence-corrected chi connectivity index (χ2v) is 8.04. The molecule has 1 aliphatic rings. The van der Waals surface area contributed by atoms with Gasteiger partial charge in [0.1, 0.15) is 0 Å². The minimum Gasteiger partial charge on any atom is -0.265 e. The van der Waals surface area contributed by atoms with Gasteiger partial charge in [0.05, 0.1) is 22.4 Å². The molecule has 0 radical (unpaired) electrons. The SMILES string of the molecule is CSC1CN(S(=O)(=O)c2ccc(C)cc2)c2ccccc21. The second kappa shape index (κ2) is 5.39. The largest absolute Gasteiger partial charge is 0.265 e. The summed E-state index contributed by atoms with van der Waals surface area (Å²) >= 11 is 1.69. The fourth-order valence-electron chi connectivity index (χ4n) is 2.60. The van der Waals surface area contributed by atoms with Crippen LogP contribution in [0.1, 0.15) is 16.4 Å². The molecule has 0 spiro atoms. The number of nitrogens with zero attached hydrogens (tertiary/aromatic N) is 1. The molecule has 1 heterocycles. The van der Waals surface area contributed by atoms with E-state index in [-0.39, 0.29) is 5.25 Å². The van der Waals surface area contributed by atoms with Crippen LogP contribution in [0.25, 0.3) is 0 Å². The van der Waals surface area contributed by atoms with Crippen molar-refractivity contribution in [2.45, 2.75) is 17.1 Å². The van der Waals surface area contributed by atoms with Crippen LogP contribution >= 0.6 is 11.8 Å². The molecule has 1 unspecified atom stereocenters. The molecule has 110 valence electrons. The average molecular weight is 319 g/mol. The third-order valence-corrected chi connectivity index (χ3v) is 6.54. The van der Waals surface area contributed by atoms with Crippen LogP contribution < -0.4 is 4.31 Å². The molecule has 0 aliphatic carbocycles. The first-order valence-corrected chi connectivity index (χ1v) is 9.48. The van der Waals surface area contributed by atoms with Gasteiger partial charge in [-0.25, -0.2) is 8.42 Å². The maximum absolute atomic E-state index is 12.9. The maximum Gasteiger partial charge on any atom is 0.264 e. The van der Waals surface area contributed by atoms with Gasteiger partial charge in [-0.15, -0.1) is 0 Å². The number of hydrogen-bond acceptors (Lipinski definition) is 3. The number of benzene rings is 2. The van der Waals surface area contributed by atoms with E-state index < -0.39 is 10.0 Å². The molecule has 0 aromatic heterocycles. The zero-order valence-corrected chi connectivity index (χ0v) is 13.6. The normalized spacial score (nSPS) is 17.8. The molecular weight excluding hydrogens is 302 g/mol. The summed E-state index contributed by atoms with van der Waals surface area (Å²) in [5, 5.41) is 0.196. The predicted octanol–water partition coefficient (Wildman–Crippen LogP) is 3.61. The number of sulfonamides is 1. The van der Waals surface area contributed by atoms with Crippen molar-refractivity contribution in [3.63, 3.8) is 0 Å². The Labute approximate surface area is 130 Å². The fourth-order valence-corrected chi connectivity index (χ4v) is 4.95. The number of hydrogen-bond donors (Lipinski definition) is 0. The van der Waals surface area contributed by atoms with E-state index >= 15 is 0 Å². The number of rotatable bonds is 3. The summed E-state index contributed by atoms with van der Waals surface area (Å²) in [5.41, 5.74) is 2.95. The summed E-state index contributed by atoms with van der Waals surface area (Å²) in [6, 6.07) is 14.8. The third kappa shape index (κ3) is 2.45. The predicted molar refractivity (Wildman–Crippen MR) is 88.4 cm³/mol. The molecule has 0 saturated carbocycles. The molecule has 21 heavy (non-hydrogen) atoms. The van der Waals surface area contributed by atoms with E-state index in [9.17, 15) is 8.42 Å². The first-order chi connectivity index (χ1) is 10.0. The quantitative estimate of drug-likeness (QED) is 0.867.